The Bertz CT molecular complexity index is 57.3. The Morgan fingerprint density at radius 1 is 0.818 bits per heavy atom. The molecule has 0 bridgehead atoms. The van der Waals surface area contributed by atoms with Crippen molar-refractivity contribution >= 4 is 46.4 Å². The lowest BCUT2D eigenvalue weighted by Gasteiger charge is -1.91. The molecule has 0 N–H and O–H groups in total. The third-order valence-electron chi connectivity index (χ3n) is 0.957. The van der Waals surface area contributed by atoms with Crippen LogP contribution in [0.25, 0.3) is 0 Å². The Labute approximate surface area is 89.1 Å². The molecule has 0 saturated carbocycles. The van der Waals surface area contributed by atoms with E-state index in [1.807, 2.05) is 0 Å². The second kappa shape index (κ2) is 9.25. The highest BCUT2D eigenvalue weighted by molar-refractivity contribution is 6.83. The van der Waals surface area contributed by atoms with Crippen molar-refractivity contribution in [3.8, 4) is 0 Å². The predicted molar refractivity (Wildman–Crippen MR) is 56.0 cm³/mol. The van der Waals surface area contributed by atoms with E-state index in [9.17, 15) is 0 Å². The lowest BCUT2D eigenvalue weighted by molar-refractivity contribution is 0.702. The quantitative estimate of drug-likeness (QED) is 0.473. The normalized spacial score (nSPS) is 10.4. The maximum absolute atomic E-state index is 4.83. The molecule has 0 aromatic heterocycles. The Morgan fingerprint density at radius 3 is 1.09 bits per heavy atom. The summed E-state index contributed by atoms with van der Waals surface area (Å²) < 4.78 is -1.61. The van der Waals surface area contributed by atoms with Crippen molar-refractivity contribution in [3.05, 3.63) is 0 Å². The fraction of sp³-hybridized carbons (Fsp3) is 1.00. The van der Waals surface area contributed by atoms with Gasteiger partial charge in [0.25, 0.3) is 3.25 Å². The molecule has 0 aliphatic rings. The second-order valence-corrected chi connectivity index (χ2v) is 5.56. The van der Waals surface area contributed by atoms with Crippen LogP contribution in [-0.2, 0) is 0 Å². The molecular formula is C7H14Cl4. The minimum Gasteiger partial charge on any atom is -0.0664 e. The number of rotatable bonds is 3. The molecule has 0 saturated heterocycles. The minimum atomic E-state index is -1.61. The maximum atomic E-state index is 4.83. The molecule has 70 valence electrons. The van der Waals surface area contributed by atoms with Gasteiger partial charge in [-0.2, -0.15) is 0 Å². The van der Waals surface area contributed by atoms with Crippen molar-refractivity contribution in [3.63, 3.8) is 0 Å². The molecule has 0 radical (unpaired) electrons. The van der Waals surface area contributed by atoms with E-state index in [-0.39, 0.29) is 0 Å². The summed E-state index contributed by atoms with van der Waals surface area (Å²) in [4.78, 5) is 0. The highest BCUT2D eigenvalue weighted by atomic mass is 35.6. The van der Waals surface area contributed by atoms with Gasteiger partial charge in [0.05, 0.1) is 0 Å². The van der Waals surface area contributed by atoms with Gasteiger partial charge in [-0.25, -0.2) is 0 Å². The maximum Gasteiger partial charge on any atom is 0.266 e. The molecule has 0 aromatic rings. The van der Waals surface area contributed by atoms with E-state index in [0.717, 1.165) is 0 Å². The van der Waals surface area contributed by atoms with Gasteiger partial charge in [0.2, 0.25) is 0 Å². The summed E-state index contributed by atoms with van der Waals surface area (Å²) in [6.45, 7) is 4.46. The van der Waals surface area contributed by atoms with Crippen LogP contribution in [0.5, 0.6) is 0 Å². The average Bonchev–Trinajstić information content (AvgIpc) is 1.79. The van der Waals surface area contributed by atoms with E-state index < -0.39 is 3.25 Å². The number of alkyl halides is 4. The van der Waals surface area contributed by atoms with Crippen molar-refractivity contribution in [2.75, 3.05) is 0 Å². The second-order valence-electron chi connectivity index (χ2n) is 2.14. The zero-order valence-electron chi connectivity index (χ0n) is 6.84. The third kappa shape index (κ3) is 54.1. The molecule has 0 amide bonds. The van der Waals surface area contributed by atoms with Gasteiger partial charge in [-0.15, -0.1) is 0 Å². The van der Waals surface area contributed by atoms with Crippen molar-refractivity contribution in [1.29, 1.82) is 0 Å². The van der Waals surface area contributed by atoms with Crippen LogP contribution in [0.1, 0.15) is 39.5 Å². The summed E-state index contributed by atoms with van der Waals surface area (Å²) in [6.07, 6.45) is 5.54. The van der Waals surface area contributed by atoms with Gasteiger partial charge in [-0.3, -0.25) is 0 Å². The molecule has 0 aliphatic heterocycles. The number of hydrogen-bond acceptors (Lipinski definition) is 0. The van der Waals surface area contributed by atoms with Gasteiger partial charge in [0, 0.05) is 0 Å². The first-order chi connectivity index (χ1) is 4.91. The van der Waals surface area contributed by atoms with Crippen LogP contribution in [0.4, 0.5) is 0 Å². The number of unbranched alkanes of at least 4 members (excludes halogenated alkanes) is 3. The SMILES string of the molecule is CCCCCC.ClC(Cl)(Cl)Cl. The molecule has 0 aliphatic carbocycles. The summed E-state index contributed by atoms with van der Waals surface area (Å²) in [7, 11) is 0. The van der Waals surface area contributed by atoms with E-state index in [1.165, 1.54) is 25.7 Å². The van der Waals surface area contributed by atoms with Gasteiger partial charge in [0.1, 0.15) is 0 Å². The predicted octanol–water partition coefficient (Wildman–Crippen LogP) is 5.14. The van der Waals surface area contributed by atoms with E-state index >= 15 is 0 Å². The van der Waals surface area contributed by atoms with Gasteiger partial charge < -0.3 is 0 Å². The van der Waals surface area contributed by atoms with E-state index in [4.69, 9.17) is 46.4 Å². The fourth-order valence-corrected chi connectivity index (χ4v) is 0.500. The molecule has 0 fully saturated rings. The Kier molecular flexibility index (Phi) is 12.3. The van der Waals surface area contributed by atoms with Crippen molar-refractivity contribution in [1.82, 2.24) is 0 Å². The fourth-order valence-electron chi connectivity index (χ4n) is 0.500. The zero-order chi connectivity index (χ0) is 9.33. The van der Waals surface area contributed by atoms with Gasteiger partial charge >= 0.3 is 0 Å². The lowest BCUT2D eigenvalue weighted by atomic mass is 10.2. The average molecular weight is 240 g/mol. The molecule has 0 unspecified atom stereocenters. The Hall–Kier alpha value is 1.16. The van der Waals surface area contributed by atoms with Gasteiger partial charge in [-0.1, -0.05) is 85.9 Å². The van der Waals surface area contributed by atoms with Crippen molar-refractivity contribution in [2.24, 2.45) is 0 Å². The van der Waals surface area contributed by atoms with E-state index in [1.54, 1.807) is 0 Å². The highest BCUT2D eigenvalue weighted by Crippen LogP contribution is 2.29. The van der Waals surface area contributed by atoms with Crippen LogP contribution < -0.4 is 0 Å². The van der Waals surface area contributed by atoms with Crippen LogP contribution in [0.3, 0.4) is 0 Å². The van der Waals surface area contributed by atoms with Crippen molar-refractivity contribution < 1.29 is 0 Å². The summed E-state index contributed by atoms with van der Waals surface area (Å²) in [5, 5.41) is 0. The molecule has 0 atom stereocenters. The third-order valence-corrected chi connectivity index (χ3v) is 0.957. The van der Waals surface area contributed by atoms with E-state index in [0.29, 0.717) is 0 Å². The summed E-state index contributed by atoms with van der Waals surface area (Å²) in [6, 6.07) is 0. The van der Waals surface area contributed by atoms with E-state index in [2.05, 4.69) is 13.8 Å². The highest BCUT2D eigenvalue weighted by Gasteiger charge is 2.11. The van der Waals surface area contributed by atoms with Crippen LogP contribution in [-0.4, -0.2) is 3.25 Å². The van der Waals surface area contributed by atoms with Gasteiger partial charge in [-0.05, 0) is 0 Å². The van der Waals surface area contributed by atoms with Gasteiger partial charge in [0.15, 0.2) is 0 Å². The molecule has 0 rings (SSSR count). The molecule has 0 spiro atoms. The zero-order valence-corrected chi connectivity index (χ0v) is 9.86. The lowest BCUT2D eigenvalue weighted by Crippen LogP contribution is -1.81. The molecule has 0 nitrogen and oxygen atoms in total. The summed E-state index contributed by atoms with van der Waals surface area (Å²) in [5.41, 5.74) is 0. The first-order valence-electron chi connectivity index (χ1n) is 3.67. The first-order valence-corrected chi connectivity index (χ1v) is 5.18. The topological polar surface area (TPSA) is 0 Å². The summed E-state index contributed by atoms with van der Waals surface area (Å²) in [5.74, 6) is 0. The first kappa shape index (κ1) is 14.7. The molecule has 0 heterocycles. The van der Waals surface area contributed by atoms with Crippen LogP contribution in [0.15, 0.2) is 0 Å². The minimum absolute atomic E-state index is 1.36. The summed E-state index contributed by atoms with van der Waals surface area (Å²) >= 11 is 19.3. The molecule has 0 aromatic carbocycles. The molecule has 4 heteroatoms. The monoisotopic (exact) mass is 238 g/mol. The Balaban J connectivity index is 0. The molecule has 11 heavy (non-hydrogen) atoms. The van der Waals surface area contributed by atoms with Crippen LogP contribution in [0.2, 0.25) is 0 Å². The molecular weight excluding hydrogens is 226 g/mol. The van der Waals surface area contributed by atoms with Crippen LogP contribution in [0, 0.1) is 0 Å². The Morgan fingerprint density at radius 2 is 1.00 bits per heavy atom. The smallest absolute Gasteiger partial charge is 0.0664 e. The largest absolute Gasteiger partial charge is 0.266 e. The van der Waals surface area contributed by atoms with Crippen LogP contribution >= 0.6 is 46.4 Å². The number of halogens is 4. The number of hydrogen-bond donors (Lipinski definition) is 0. The van der Waals surface area contributed by atoms with Crippen molar-refractivity contribution in [2.45, 2.75) is 42.8 Å². The standard InChI is InChI=1S/C6H14.CCl4/c1-3-5-6-4-2;2-1(3,4)5/h3-6H2,1-2H3;.